The van der Waals surface area contributed by atoms with Gasteiger partial charge in [0.25, 0.3) is 0 Å². The molecule has 0 amide bonds. The van der Waals surface area contributed by atoms with Gasteiger partial charge in [-0.05, 0) is 56.0 Å². The minimum absolute atomic E-state index is 0.648. The lowest BCUT2D eigenvalue weighted by Gasteiger charge is -2.36. The van der Waals surface area contributed by atoms with Crippen molar-refractivity contribution in [3.8, 4) is 0 Å². The maximum atomic E-state index is 6.05. The summed E-state index contributed by atoms with van der Waals surface area (Å²) >= 11 is 0. The Balaban J connectivity index is 1.90. The van der Waals surface area contributed by atoms with E-state index in [2.05, 4.69) is 35.9 Å². The van der Waals surface area contributed by atoms with E-state index < -0.39 is 0 Å². The summed E-state index contributed by atoms with van der Waals surface area (Å²) in [4.78, 5) is 7.11. The molecule has 3 nitrogen and oxygen atoms in total. The number of pyridine rings is 1. The van der Waals surface area contributed by atoms with E-state index >= 15 is 0 Å². The molecule has 1 saturated heterocycles. The highest BCUT2D eigenvalue weighted by molar-refractivity contribution is 5.92. The molecule has 3 heteroatoms. The minimum Gasteiger partial charge on any atom is -0.398 e. The van der Waals surface area contributed by atoms with Gasteiger partial charge in [-0.3, -0.25) is 9.88 Å². The molecule has 0 radical (unpaired) electrons. The molecule has 2 heterocycles. The van der Waals surface area contributed by atoms with Gasteiger partial charge in [-0.2, -0.15) is 0 Å². The van der Waals surface area contributed by atoms with Crippen molar-refractivity contribution in [3.63, 3.8) is 0 Å². The summed E-state index contributed by atoms with van der Waals surface area (Å²) in [7, 11) is 0. The number of fused-ring (bicyclic) bond motifs is 1. The molecule has 2 unspecified atom stereocenters. The number of rotatable bonds is 2. The first kappa shape index (κ1) is 13.4. The Morgan fingerprint density at radius 1 is 1.30 bits per heavy atom. The second-order valence-electron chi connectivity index (χ2n) is 6.16. The van der Waals surface area contributed by atoms with Crippen molar-refractivity contribution < 1.29 is 0 Å². The summed E-state index contributed by atoms with van der Waals surface area (Å²) in [5.41, 5.74) is 9.21. The Bertz CT molecular complexity index is 608. The lowest BCUT2D eigenvalue weighted by atomic mass is 9.93. The molecule has 20 heavy (non-hydrogen) atoms. The highest BCUT2D eigenvalue weighted by Gasteiger charge is 2.23. The SMILES string of the molecule is CC1CCN(Cc2ccc(N)c3cccnc23)C(C)C1. The van der Waals surface area contributed by atoms with E-state index in [1.165, 1.54) is 24.9 Å². The van der Waals surface area contributed by atoms with Gasteiger partial charge >= 0.3 is 0 Å². The Labute approximate surface area is 120 Å². The second kappa shape index (κ2) is 5.41. The van der Waals surface area contributed by atoms with Gasteiger partial charge in [-0.25, -0.2) is 0 Å². The zero-order valence-electron chi connectivity index (χ0n) is 12.3. The Morgan fingerprint density at radius 3 is 2.95 bits per heavy atom. The predicted molar refractivity (Wildman–Crippen MR) is 84.4 cm³/mol. The molecule has 1 aliphatic heterocycles. The quantitative estimate of drug-likeness (QED) is 0.849. The van der Waals surface area contributed by atoms with Crippen LogP contribution in [0.15, 0.2) is 30.5 Å². The van der Waals surface area contributed by atoms with Gasteiger partial charge in [0.2, 0.25) is 0 Å². The summed E-state index contributed by atoms with van der Waals surface area (Å²) in [6.07, 6.45) is 4.44. The van der Waals surface area contributed by atoms with E-state index in [0.29, 0.717) is 6.04 Å². The summed E-state index contributed by atoms with van der Waals surface area (Å²) in [6.45, 7) is 6.85. The molecule has 1 aromatic carbocycles. The fourth-order valence-corrected chi connectivity index (χ4v) is 3.29. The summed E-state index contributed by atoms with van der Waals surface area (Å²) in [5, 5.41) is 1.07. The molecule has 1 aromatic heterocycles. The Morgan fingerprint density at radius 2 is 2.15 bits per heavy atom. The van der Waals surface area contributed by atoms with Crippen LogP contribution in [-0.2, 0) is 6.54 Å². The smallest absolute Gasteiger partial charge is 0.0767 e. The first-order chi connectivity index (χ1) is 9.65. The molecular formula is C17H23N3. The number of piperidine rings is 1. The molecule has 2 atom stereocenters. The van der Waals surface area contributed by atoms with Gasteiger partial charge in [0.1, 0.15) is 0 Å². The van der Waals surface area contributed by atoms with Crippen molar-refractivity contribution in [3.05, 3.63) is 36.0 Å². The molecule has 2 N–H and O–H groups in total. The average molecular weight is 269 g/mol. The van der Waals surface area contributed by atoms with Crippen LogP contribution >= 0.6 is 0 Å². The number of likely N-dealkylation sites (tertiary alicyclic amines) is 1. The maximum Gasteiger partial charge on any atom is 0.0767 e. The van der Waals surface area contributed by atoms with Crippen molar-refractivity contribution in [2.75, 3.05) is 12.3 Å². The first-order valence-electron chi connectivity index (χ1n) is 7.51. The summed E-state index contributed by atoms with van der Waals surface area (Å²) in [6, 6.07) is 8.80. The third-order valence-electron chi connectivity index (χ3n) is 4.54. The van der Waals surface area contributed by atoms with E-state index in [0.717, 1.165) is 29.1 Å². The van der Waals surface area contributed by atoms with Gasteiger partial charge in [-0.1, -0.05) is 13.0 Å². The number of aromatic nitrogens is 1. The molecule has 1 aliphatic rings. The van der Waals surface area contributed by atoms with Gasteiger partial charge in [-0.15, -0.1) is 0 Å². The number of nitrogens with zero attached hydrogens (tertiary/aromatic N) is 2. The van der Waals surface area contributed by atoms with Gasteiger partial charge in [0.15, 0.2) is 0 Å². The summed E-state index contributed by atoms with van der Waals surface area (Å²) in [5.74, 6) is 0.850. The monoisotopic (exact) mass is 269 g/mol. The van der Waals surface area contributed by atoms with E-state index in [1.807, 2.05) is 18.3 Å². The molecule has 1 fully saturated rings. The Hall–Kier alpha value is -1.61. The average Bonchev–Trinajstić information content (AvgIpc) is 2.45. The van der Waals surface area contributed by atoms with Crippen LogP contribution in [-0.4, -0.2) is 22.5 Å². The molecule has 2 aromatic rings. The van der Waals surface area contributed by atoms with Crippen molar-refractivity contribution in [1.82, 2.24) is 9.88 Å². The number of hydrogen-bond acceptors (Lipinski definition) is 3. The zero-order chi connectivity index (χ0) is 14.1. The van der Waals surface area contributed by atoms with Crippen molar-refractivity contribution in [1.29, 1.82) is 0 Å². The lowest BCUT2D eigenvalue weighted by Crippen LogP contribution is -2.39. The van der Waals surface area contributed by atoms with Gasteiger partial charge in [0.05, 0.1) is 5.52 Å². The molecule has 0 spiro atoms. The van der Waals surface area contributed by atoms with Crippen molar-refractivity contribution in [2.45, 2.75) is 39.3 Å². The van der Waals surface area contributed by atoms with Crippen LogP contribution in [0.4, 0.5) is 5.69 Å². The van der Waals surface area contributed by atoms with Crippen molar-refractivity contribution in [2.24, 2.45) is 5.92 Å². The van der Waals surface area contributed by atoms with Crippen molar-refractivity contribution >= 4 is 16.6 Å². The number of nitrogen functional groups attached to an aromatic ring is 1. The number of anilines is 1. The number of nitrogens with two attached hydrogens (primary N) is 1. The summed E-state index contributed by atoms with van der Waals surface area (Å²) < 4.78 is 0. The van der Waals surface area contributed by atoms with E-state index in [-0.39, 0.29) is 0 Å². The highest BCUT2D eigenvalue weighted by atomic mass is 15.2. The van der Waals surface area contributed by atoms with E-state index in [4.69, 9.17) is 5.73 Å². The molecule has 0 aliphatic carbocycles. The fourth-order valence-electron chi connectivity index (χ4n) is 3.29. The molecular weight excluding hydrogens is 246 g/mol. The lowest BCUT2D eigenvalue weighted by molar-refractivity contribution is 0.122. The largest absolute Gasteiger partial charge is 0.398 e. The van der Waals surface area contributed by atoms with E-state index in [1.54, 1.807) is 0 Å². The van der Waals surface area contributed by atoms with Gasteiger partial charge < -0.3 is 5.73 Å². The topological polar surface area (TPSA) is 42.1 Å². The Kier molecular flexibility index (Phi) is 3.62. The van der Waals surface area contributed by atoms with Crippen LogP contribution in [0.25, 0.3) is 10.9 Å². The van der Waals surface area contributed by atoms with Gasteiger partial charge in [0, 0.05) is 29.9 Å². The highest BCUT2D eigenvalue weighted by Crippen LogP contribution is 2.27. The van der Waals surface area contributed by atoms with Crippen LogP contribution in [0.3, 0.4) is 0 Å². The molecule has 3 rings (SSSR count). The third-order valence-corrected chi connectivity index (χ3v) is 4.54. The third kappa shape index (κ3) is 2.50. The van der Waals surface area contributed by atoms with Crippen LogP contribution < -0.4 is 5.73 Å². The van der Waals surface area contributed by atoms with E-state index in [9.17, 15) is 0 Å². The molecule has 0 saturated carbocycles. The van der Waals surface area contributed by atoms with Crippen LogP contribution in [0.5, 0.6) is 0 Å². The first-order valence-corrected chi connectivity index (χ1v) is 7.51. The standard InChI is InChI=1S/C17H23N3/c1-12-7-9-20(13(2)10-12)11-14-5-6-16(18)15-4-3-8-19-17(14)15/h3-6,8,12-13H,7,9-11,18H2,1-2H3. The van der Waals surface area contributed by atoms with Crippen LogP contribution in [0.1, 0.15) is 32.3 Å². The minimum atomic E-state index is 0.648. The molecule has 106 valence electrons. The maximum absolute atomic E-state index is 6.05. The number of benzene rings is 1. The van der Waals surface area contributed by atoms with Crippen LogP contribution in [0, 0.1) is 5.92 Å². The molecule has 0 bridgehead atoms. The predicted octanol–water partition coefficient (Wildman–Crippen LogP) is 3.44. The fraction of sp³-hybridized carbons (Fsp3) is 0.471. The number of hydrogen-bond donors (Lipinski definition) is 1. The normalized spacial score (nSPS) is 24.1. The van der Waals surface area contributed by atoms with Crippen LogP contribution in [0.2, 0.25) is 0 Å². The zero-order valence-corrected chi connectivity index (χ0v) is 12.3. The second-order valence-corrected chi connectivity index (χ2v) is 6.16.